The summed E-state index contributed by atoms with van der Waals surface area (Å²) < 4.78 is 39.3. The first kappa shape index (κ1) is 36.9. The molecule has 1 fully saturated rings. The SMILES string of the molecule is COc1ccc(C(=O)NCCCN(CCCNC(=O)c2ccc(O)c(O)c2F)CC2=C(C(=O)O)N3C(=O)[C@H]([C@@H](C)O)[C@H]3[C@H]2C)c(F)c1OC. The molecule has 2 aliphatic heterocycles. The number of rotatable bonds is 16. The maximum Gasteiger partial charge on any atom is 0.352 e. The number of carbonyl (C=O) groups is 4. The van der Waals surface area contributed by atoms with Crippen molar-refractivity contribution >= 4 is 23.7 Å². The van der Waals surface area contributed by atoms with Crippen LogP contribution in [0, 0.1) is 23.5 Å². The molecule has 6 N–H and O–H groups in total. The second kappa shape index (κ2) is 15.5. The monoisotopic (exact) mass is 690 g/mol. The smallest absolute Gasteiger partial charge is 0.352 e. The average Bonchev–Trinajstić information content (AvgIpc) is 3.30. The molecule has 0 saturated carbocycles. The first-order chi connectivity index (χ1) is 23.2. The van der Waals surface area contributed by atoms with Crippen molar-refractivity contribution in [1.82, 2.24) is 20.4 Å². The molecule has 1 saturated heterocycles. The van der Waals surface area contributed by atoms with Gasteiger partial charge in [0.05, 0.1) is 43.4 Å². The Morgan fingerprint density at radius 3 is 2.06 bits per heavy atom. The van der Waals surface area contributed by atoms with E-state index in [0.717, 1.165) is 12.1 Å². The Balaban J connectivity index is 1.44. The summed E-state index contributed by atoms with van der Waals surface area (Å²) >= 11 is 0. The molecular formula is C33H40F2N4O10. The number of aliphatic hydroxyl groups is 1. The van der Waals surface area contributed by atoms with Crippen LogP contribution in [-0.2, 0) is 9.59 Å². The van der Waals surface area contributed by atoms with Crippen LogP contribution in [0.4, 0.5) is 8.78 Å². The topological polar surface area (TPSA) is 198 Å². The number of aliphatic carboxylic acids is 1. The lowest BCUT2D eigenvalue weighted by Crippen LogP contribution is -2.63. The van der Waals surface area contributed by atoms with Gasteiger partial charge in [-0.15, -0.1) is 0 Å². The van der Waals surface area contributed by atoms with Gasteiger partial charge in [-0.1, -0.05) is 6.92 Å². The second-order valence-electron chi connectivity index (χ2n) is 11.9. The molecule has 16 heteroatoms. The molecule has 2 aromatic rings. The van der Waals surface area contributed by atoms with E-state index < -0.39 is 70.5 Å². The van der Waals surface area contributed by atoms with Crippen molar-refractivity contribution in [2.24, 2.45) is 11.8 Å². The quantitative estimate of drug-likeness (QED) is 0.0854. The summed E-state index contributed by atoms with van der Waals surface area (Å²) in [4.78, 5) is 53.5. The third-order valence-electron chi connectivity index (χ3n) is 8.85. The molecule has 4 rings (SSSR count). The Hall–Kier alpha value is -4.96. The van der Waals surface area contributed by atoms with Crippen LogP contribution in [0.25, 0.3) is 0 Å². The number of methoxy groups -OCH3 is 2. The highest BCUT2D eigenvalue weighted by Gasteiger charge is 2.59. The minimum absolute atomic E-state index is 0.0590. The highest BCUT2D eigenvalue weighted by Crippen LogP contribution is 2.47. The Morgan fingerprint density at radius 1 is 0.959 bits per heavy atom. The van der Waals surface area contributed by atoms with Crippen molar-refractivity contribution < 1.29 is 57.9 Å². The second-order valence-corrected chi connectivity index (χ2v) is 11.9. The van der Waals surface area contributed by atoms with Gasteiger partial charge in [-0.05, 0) is 49.6 Å². The van der Waals surface area contributed by atoms with Gasteiger partial charge in [-0.3, -0.25) is 19.3 Å². The summed E-state index contributed by atoms with van der Waals surface area (Å²) in [7, 11) is 2.59. The summed E-state index contributed by atoms with van der Waals surface area (Å²) in [5.74, 6) is -8.39. The van der Waals surface area contributed by atoms with Gasteiger partial charge in [-0.25, -0.2) is 13.6 Å². The molecule has 0 aliphatic carbocycles. The fraction of sp³-hybridized carbons (Fsp3) is 0.455. The lowest BCUT2D eigenvalue weighted by Gasteiger charge is -2.46. The number of carboxylic acids is 1. The number of amides is 3. The number of nitrogens with one attached hydrogen (secondary N) is 2. The summed E-state index contributed by atoms with van der Waals surface area (Å²) in [6.45, 7) is 4.17. The first-order valence-corrected chi connectivity index (χ1v) is 15.6. The molecule has 2 aliphatic rings. The molecule has 2 aromatic carbocycles. The largest absolute Gasteiger partial charge is 0.504 e. The molecule has 2 heterocycles. The number of benzene rings is 2. The van der Waals surface area contributed by atoms with E-state index in [4.69, 9.17) is 9.47 Å². The summed E-state index contributed by atoms with van der Waals surface area (Å²) in [5.41, 5.74) is -0.373. The first-order valence-electron chi connectivity index (χ1n) is 15.6. The number of aliphatic hydroxyl groups excluding tert-OH is 1. The number of hydrogen-bond donors (Lipinski definition) is 6. The van der Waals surface area contributed by atoms with Crippen LogP contribution in [0.3, 0.4) is 0 Å². The summed E-state index contributed by atoms with van der Waals surface area (Å²) in [6, 6.07) is 4.18. The van der Waals surface area contributed by atoms with E-state index in [1.165, 1.54) is 38.2 Å². The standard InChI is InChI=1S/C33H40F2N4O10/c1-16-20(27(33(46)47)39-26(16)23(17(2)40)32(39)45)15-38(13-5-11-36-30(43)18-7-9-21(41)28(42)24(18)34)14-6-12-37-31(44)19-8-10-22(48-3)29(49-4)25(19)35/h7-10,16-17,23,26,40-42H,5-6,11-15H2,1-4H3,(H,36,43)(H,37,44)(H,46,47)/t16-,17+,23+,26+/m0/s1. The fourth-order valence-electron chi connectivity index (χ4n) is 6.36. The van der Waals surface area contributed by atoms with Crippen molar-refractivity contribution in [3.63, 3.8) is 0 Å². The molecule has 0 spiro atoms. The van der Waals surface area contributed by atoms with Crippen LogP contribution in [0.2, 0.25) is 0 Å². The van der Waals surface area contributed by atoms with E-state index in [9.17, 15) is 48.4 Å². The molecule has 3 amide bonds. The van der Waals surface area contributed by atoms with E-state index in [2.05, 4.69) is 10.6 Å². The normalized spacial score (nSPS) is 19.0. The number of halogens is 2. The minimum Gasteiger partial charge on any atom is -0.504 e. The highest BCUT2D eigenvalue weighted by atomic mass is 19.1. The molecule has 0 radical (unpaired) electrons. The van der Waals surface area contributed by atoms with Gasteiger partial charge in [-0.2, -0.15) is 0 Å². The average molecular weight is 691 g/mol. The van der Waals surface area contributed by atoms with Gasteiger partial charge >= 0.3 is 5.97 Å². The molecule has 4 atom stereocenters. The van der Waals surface area contributed by atoms with Crippen LogP contribution >= 0.6 is 0 Å². The Morgan fingerprint density at radius 2 is 1.53 bits per heavy atom. The number of phenolic OH excluding ortho intramolecular Hbond substituents is 2. The number of carboxylic acid groups (broad SMARTS) is 1. The zero-order valence-electron chi connectivity index (χ0n) is 27.5. The van der Waals surface area contributed by atoms with Gasteiger partial charge in [0.15, 0.2) is 34.6 Å². The predicted molar refractivity (Wildman–Crippen MR) is 169 cm³/mol. The van der Waals surface area contributed by atoms with Crippen LogP contribution in [0.1, 0.15) is 47.4 Å². The van der Waals surface area contributed by atoms with Crippen LogP contribution in [0.15, 0.2) is 35.5 Å². The molecule has 0 aromatic heterocycles. The zero-order valence-corrected chi connectivity index (χ0v) is 27.5. The number of β-lactam (4-membered cyclic amide) rings is 1. The van der Waals surface area contributed by atoms with Crippen LogP contribution in [0.5, 0.6) is 23.0 Å². The Kier molecular flexibility index (Phi) is 11.7. The fourth-order valence-corrected chi connectivity index (χ4v) is 6.36. The van der Waals surface area contributed by atoms with Crippen LogP contribution in [-0.4, -0.2) is 113 Å². The number of aromatic hydroxyl groups is 2. The summed E-state index contributed by atoms with van der Waals surface area (Å²) in [6.07, 6.45) is -0.311. The van der Waals surface area contributed by atoms with E-state index >= 15 is 0 Å². The molecule has 0 unspecified atom stereocenters. The van der Waals surface area contributed by atoms with Gasteiger partial charge in [0.1, 0.15) is 5.70 Å². The minimum atomic E-state index is -1.28. The van der Waals surface area contributed by atoms with Gasteiger partial charge in [0.25, 0.3) is 11.8 Å². The maximum absolute atomic E-state index is 14.9. The summed E-state index contributed by atoms with van der Waals surface area (Å²) in [5, 5.41) is 44.5. The number of fused-ring (bicyclic) bond motifs is 1. The van der Waals surface area contributed by atoms with Crippen molar-refractivity contribution in [2.75, 3.05) is 46.9 Å². The van der Waals surface area contributed by atoms with Gasteiger partial charge in [0.2, 0.25) is 5.91 Å². The lowest BCUT2D eigenvalue weighted by molar-refractivity contribution is -0.163. The van der Waals surface area contributed by atoms with Crippen molar-refractivity contribution in [2.45, 2.75) is 38.8 Å². The highest BCUT2D eigenvalue weighted by molar-refractivity contribution is 6.00. The molecule has 266 valence electrons. The number of nitrogens with zero attached hydrogens (tertiary/aromatic N) is 2. The van der Waals surface area contributed by atoms with E-state index in [1.54, 1.807) is 6.92 Å². The van der Waals surface area contributed by atoms with Gasteiger partial charge in [0, 0.05) is 38.6 Å². The van der Waals surface area contributed by atoms with E-state index in [-0.39, 0.29) is 48.3 Å². The van der Waals surface area contributed by atoms with Gasteiger partial charge < -0.3 is 45.4 Å². The Labute approximate surface area is 280 Å². The van der Waals surface area contributed by atoms with E-state index in [1.807, 2.05) is 4.90 Å². The van der Waals surface area contributed by atoms with Crippen molar-refractivity contribution in [1.29, 1.82) is 0 Å². The number of carbonyl (C=O) groups excluding carboxylic acids is 3. The van der Waals surface area contributed by atoms with Crippen LogP contribution < -0.4 is 20.1 Å². The molecule has 14 nitrogen and oxygen atoms in total. The maximum atomic E-state index is 14.9. The zero-order chi connectivity index (χ0) is 36.2. The van der Waals surface area contributed by atoms with Crippen molar-refractivity contribution in [3.8, 4) is 23.0 Å². The van der Waals surface area contributed by atoms with E-state index in [0.29, 0.717) is 31.5 Å². The molecular weight excluding hydrogens is 650 g/mol. The third-order valence-corrected chi connectivity index (χ3v) is 8.85. The Bertz CT molecular complexity index is 1650. The number of phenols is 2. The molecule has 49 heavy (non-hydrogen) atoms. The predicted octanol–water partition coefficient (Wildman–Crippen LogP) is 1.83. The molecule has 0 bridgehead atoms. The third kappa shape index (κ3) is 7.39. The van der Waals surface area contributed by atoms with Crippen molar-refractivity contribution in [3.05, 3.63) is 58.3 Å². The lowest BCUT2D eigenvalue weighted by atomic mass is 9.77. The number of ether oxygens (including phenoxy) is 2. The number of hydrogen-bond acceptors (Lipinski definition) is 10.